The van der Waals surface area contributed by atoms with Crippen molar-refractivity contribution >= 4 is 38.0 Å². The molecule has 1 saturated carbocycles. The minimum Gasteiger partial charge on any atom is -0.512 e. The van der Waals surface area contributed by atoms with Crippen LogP contribution in [0.4, 0.5) is 26.3 Å². The molecule has 1 aliphatic carbocycles. The van der Waals surface area contributed by atoms with Gasteiger partial charge in [0.1, 0.15) is 0 Å². The number of aryl methyl sites for hydroxylation is 3. The summed E-state index contributed by atoms with van der Waals surface area (Å²) >= 11 is 1.43. The number of alkyl halides is 6. The molecule has 2 heterocycles. The van der Waals surface area contributed by atoms with Crippen molar-refractivity contribution in [1.82, 2.24) is 4.98 Å². The number of ketones is 1. The van der Waals surface area contributed by atoms with Crippen molar-refractivity contribution in [2.75, 3.05) is 0 Å². The van der Waals surface area contributed by atoms with Crippen LogP contribution in [0.5, 0.6) is 0 Å². The number of rotatable bonds is 6. The molecule has 1 aliphatic rings. The molecule has 0 bridgehead atoms. The fourth-order valence-electron chi connectivity index (χ4n) is 7.44. The number of benzene rings is 3. The molecule has 0 unspecified atom stereocenters. The van der Waals surface area contributed by atoms with Crippen LogP contribution in [0.2, 0.25) is 0 Å². The van der Waals surface area contributed by atoms with Gasteiger partial charge in [0.05, 0.1) is 11.3 Å². The smallest absolute Gasteiger partial charge is 0.454 e. The topological polar surface area (TPSA) is 50.2 Å². The Hall–Kier alpha value is -3.53. The van der Waals surface area contributed by atoms with Crippen molar-refractivity contribution < 1.29 is 56.3 Å². The first kappa shape index (κ1) is 44.2. The van der Waals surface area contributed by atoms with Crippen LogP contribution in [0.15, 0.2) is 60.5 Å². The fraction of sp³-hybridized carbons (Fsp3) is 0.409. The molecule has 1 fully saturated rings. The van der Waals surface area contributed by atoms with Crippen molar-refractivity contribution in [2.45, 2.75) is 111 Å². The van der Waals surface area contributed by atoms with E-state index >= 15 is 0 Å². The van der Waals surface area contributed by atoms with Gasteiger partial charge in [-0.2, -0.15) is 26.3 Å². The number of thiophene rings is 1. The second-order valence-electron chi connectivity index (χ2n) is 15.8. The third-order valence-electron chi connectivity index (χ3n) is 9.90. The minimum atomic E-state index is -4.90. The van der Waals surface area contributed by atoms with Gasteiger partial charge >= 0.3 is 12.4 Å². The SMILES string of the molecule is CC(C)C/C(O)=C/C(=O)C(F)(F)F.Cc1cc(C2CCCC2)cc(C)c1-c1sc2c(-c3[c-]c4ccccc4c(C(C)(C)C)c3)ncc(C(F)(F)F)c2c1C.[Ir]. The monoisotopic (exact) mass is 959 g/mol. The maximum Gasteiger partial charge on any atom is 0.454 e. The van der Waals surface area contributed by atoms with Gasteiger partial charge in [0.25, 0.3) is 5.78 Å². The molecule has 0 aliphatic heterocycles. The number of nitrogens with zero attached hydrogens (tertiary/aromatic N) is 1. The quantitative estimate of drug-likeness (QED) is 0.0798. The van der Waals surface area contributed by atoms with Crippen LogP contribution in [-0.4, -0.2) is 22.1 Å². The van der Waals surface area contributed by atoms with Gasteiger partial charge in [0.2, 0.25) is 0 Å². The third-order valence-corrected chi connectivity index (χ3v) is 11.2. The largest absolute Gasteiger partial charge is 0.512 e. The molecule has 0 atom stereocenters. The Morgan fingerprint density at radius 3 is 2.11 bits per heavy atom. The molecule has 1 radical (unpaired) electrons. The van der Waals surface area contributed by atoms with Gasteiger partial charge < -0.3 is 5.11 Å². The molecule has 2 aromatic heterocycles. The summed E-state index contributed by atoms with van der Waals surface area (Å²) in [7, 11) is 0. The van der Waals surface area contributed by atoms with E-state index in [-0.39, 0.29) is 49.3 Å². The van der Waals surface area contributed by atoms with E-state index in [0.29, 0.717) is 21.9 Å². The van der Waals surface area contributed by atoms with Gasteiger partial charge in [-0.25, -0.2) is 0 Å². The van der Waals surface area contributed by atoms with Crippen molar-refractivity contribution in [1.29, 1.82) is 0 Å². The number of hydrogen-bond donors (Lipinski definition) is 1. The van der Waals surface area contributed by atoms with Gasteiger partial charge in [-0.3, -0.25) is 9.78 Å². The van der Waals surface area contributed by atoms with E-state index < -0.39 is 29.5 Å². The van der Waals surface area contributed by atoms with E-state index in [1.54, 1.807) is 13.8 Å². The summed E-state index contributed by atoms with van der Waals surface area (Å²) in [5.41, 5.74) is 6.88. The number of aliphatic hydroxyl groups is 1. The molecule has 6 rings (SSSR count). The summed E-state index contributed by atoms with van der Waals surface area (Å²) in [4.78, 5) is 15.7. The van der Waals surface area contributed by atoms with Gasteiger partial charge in [0.15, 0.2) is 0 Å². The maximum absolute atomic E-state index is 14.4. The first-order chi connectivity index (χ1) is 25.1. The third kappa shape index (κ3) is 9.89. The van der Waals surface area contributed by atoms with Crippen molar-refractivity contribution in [3.63, 3.8) is 0 Å². The predicted octanol–water partition coefficient (Wildman–Crippen LogP) is 14.1. The van der Waals surface area contributed by atoms with Crippen molar-refractivity contribution in [3.05, 3.63) is 99.9 Å². The number of allylic oxidation sites excluding steroid dienone is 2. The van der Waals surface area contributed by atoms with E-state index in [0.717, 1.165) is 49.7 Å². The Labute approximate surface area is 336 Å². The predicted molar refractivity (Wildman–Crippen MR) is 207 cm³/mol. The van der Waals surface area contributed by atoms with E-state index in [1.807, 2.05) is 25.1 Å². The van der Waals surface area contributed by atoms with Crippen molar-refractivity contribution in [2.24, 2.45) is 5.92 Å². The zero-order chi connectivity index (χ0) is 39.9. The number of halogens is 6. The average molecular weight is 959 g/mol. The summed E-state index contributed by atoms with van der Waals surface area (Å²) in [6.07, 6.45) is -3.15. The Morgan fingerprint density at radius 1 is 0.964 bits per heavy atom. The zero-order valence-electron chi connectivity index (χ0n) is 32.2. The Morgan fingerprint density at radius 2 is 1.56 bits per heavy atom. The minimum absolute atomic E-state index is 0. The molecule has 11 heteroatoms. The molecular formula is C44H46F6IrNO2S-. The van der Waals surface area contributed by atoms with Gasteiger partial charge in [-0.15, -0.1) is 40.5 Å². The van der Waals surface area contributed by atoms with Gasteiger partial charge in [0, 0.05) is 59.5 Å². The number of pyridine rings is 1. The van der Waals surface area contributed by atoms with Crippen LogP contribution >= 0.6 is 11.3 Å². The molecule has 0 spiro atoms. The van der Waals surface area contributed by atoms with Crippen LogP contribution in [-0.2, 0) is 36.5 Å². The fourth-order valence-corrected chi connectivity index (χ4v) is 8.95. The van der Waals surface area contributed by atoms with E-state index in [4.69, 9.17) is 5.11 Å². The van der Waals surface area contributed by atoms with Gasteiger partial charge in [-0.05, 0) is 78.7 Å². The molecule has 0 amide bonds. The van der Waals surface area contributed by atoms with E-state index in [1.165, 1.54) is 42.6 Å². The van der Waals surface area contributed by atoms with Gasteiger partial charge in [-0.1, -0.05) is 88.7 Å². The Kier molecular flexibility index (Phi) is 13.6. The Balaban J connectivity index is 0.000000414. The summed E-state index contributed by atoms with van der Waals surface area (Å²) in [5, 5.41) is 11.2. The van der Waals surface area contributed by atoms with Crippen molar-refractivity contribution in [3.8, 4) is 21.7 Å². The average Bonchev–Trinajstić information content (AvgIpc) is 3.71. The summed E-state index contributed by atoms with van der Waals surface area (Å²) in [5.74, 6) is -1.96. The van der Waals surface area contributed by atoms with E-state index in [9.17, 15) is 31.1 Å². The normalized spacial score (nSPS) is 14.3. The maximum atomic E-state index is 14.4. The van der Waals surface area contributed by atoms with Crippen LogP contribution in [0.25, 0.3) is 42.6 Å². The van der Waals surface area contributed by atoms with E-state index in [2.05, 4.69) is 69.9 Å². The molecule has 1 N–H and O–H groups in total. The second-order valence-corrected chi connectivity index (χ2v) is 16.8. The second kappa shape index (κ2) is 16.9. The zero-order valence-corrected chi connectivity index (χ0v) is 35.4. The molecule has 0 saturated heterocycles. The molecule has 3 nitrogen and oxygen atoms in total. The number of fused-ring (bicyclic) bond motifs is 2. The first-order valence-electron chi connectivity index (χ1n) is 18.1. The molecule has 5 aromatic rings. The number of carbonyl (C=O) groups is 1. The number of carbonyl (C=O) groups excluding carboxylic acids is 1. The molecule has 297 valence electrons. The molecule has 55 heavy (non-hydrogen) atoms. The van der Waals surface area contributed by atoms with Crippen LogP contribution in [0, 0.1) is 32.8 Å². The Bertz CT molecular complexity index is 2200. The summed E-state index contributed by atoms with van der Waals surface area (Å²) in [6, 6.07) is 18.2. The first-order valence-corrected chi connectivity index (χ1v) is 19.0. The summed E-state index contributed by atoms with van der Waals surface area (Å²) < 4.78 is 78.7. The van der Waals surface area contributed by atoms with Crippen LogP contribution in [0.3, 0.4) is 0 Å². The van der Waals surface area contributed by atoms with Crippen LogP contribution in [0.1, 0.15) is 106 Å². The number of aliphatic hydroxyl groups excluding tert-OH is 1. The standard InChI is InChI=1S/C36H35F3NS.C8H11F3O2.Ir/c1-20-15-25(23-11-7-8-12-23)16-21(2)30(20)33-22(3)31-29(36(37,38)39)19-40-32(34(31)41-33)26-17-24-13-9-10-14-27(24)28(18-26)35(4,5)6;1-5(2)3-6(12)4-7(13)8(9,10)11;/h9-10,13-16,18-19,23H,7-8,11-12H2,1-6H3;4-5,12H,3H2,1-2H3;/q-1;;/b;6-4-;. The van der Waals surface area contributed by atoms with Crippen LogP contribution < -0.4 is 0 Å². The number of hydrogen-bond acceptors (Lipinski definition) is 4. The number of aromatic nitrogens is 1. The molecular weight excluding hydrogens is 913 g/mol. The summed E-state index contributed by atoms with van der Waals surface area (Å²) in [6.45, 7) is 15.9. The molecule has 3 aromatic carbocycles.